The van der Waals surface area contributed by atoms with Gasteiger partial charge in [-0.05, 0) is 41.7 Å². The van der Waals surface area contributed by atoms with Gasteiger partial charge < -0.3 is 10.0 Å². The topological polar surface area (TPSA) is 57.6 Å². The van der Waals surface area contributed by atoms with Gasteiger partial charge in [-0.3, -0.25) is 9.59 Å². The monoisotopic (exact) mass is 315 g/mol. The Hall–Kier alpha value is -1.84. The van der Waals surface area contributed by atoms with Crippen LogP contribution in [0.5, 0.6) is 0 Å². The average Bonchev–Trinajstić information content (AvgIpc) is 3.24. The summed E-state index contributed by atoms with van der Waals surface area (Å²) < 4.78 is 0. The summed E-state index contributed by atoms with van der Waals surface area (Å²) in [5.74, 6) is -0.579. The third-order valence-electron chi connectivity index (χ3n) is 5.16. The molecule has 4 heteroatoms. The van der Waals surface area contributed by atoms with Crippen LogP contribution in [-0.4, -0.2) is 35.0 Å². The number of likely N-dealkylation sites (tertiary alicyclic amines) is 1. The molecule has 1 N–H and O–H groups in total. The normalized spacial score (nSPS) is 24.7. The third-order valence-corrected chi connectivity index (χ3v) is 5.16. The van der Waals surface area contributed by atoms with Gasteiger partial charge in [-0.2, -0.15) is 0 Å². The predicted molar refractivity (Wildman–Crippen MR) is 88.4 cm³/mol. The quantitative estimate of drug-likeness (QED) is 0.932. The highest BCUT2D eigenvalue weighted by Crippen LogP contribution is 2.44. The van der Waals surface area contributed by atoms with Gasteiger partial charge in [-0.1, -0.05) is 39.0 Å². The lowest BCUT2D eigenvalue weighted by Gasteiger charge is -2.25. The minimum absolute atomic E-state index is 0.0232. The van der Waals surface area contributed by atoms with Crippen LogP contribution in [0.15, 0.2) is 24.3 Å². The molecule has 1 aromatic rings. The van der Waals surface area contributed by atoms with Crippen molar-refractivity contribution >= 4 is 11.9 Å². The zero-order valence-electron chi connectivity index (χ0n) is 14.1. The van der Waals surface area contributed by atoms with Crippen LogP contribution in [0.4, 0.5) is 0 Å². The van der Waals surface area contributed by atoms with E-state index in [0.29, 0.717) is 24.6 Å². The molecule has 1 amide bonds. The standard InChI is InChI=1S/C19H25NO3/c1-19(2,3)16-7-5-4-6-13(16)17(21)20-10-14(12-8-9-12)15(11-20)18(22)23/h4-7,12,14-15H,8-11H2,1-3H3,(H,22,23)/t14-,15+/m1/s1. The van der Waals surface area contributed by atoms with Crippen molar-refractivity contribution in [1.82, 2.24) is 4.90 Å². The Morgan fingerprint density at radius 3 is 2.35 bits per heavy atom. The maximum atomic E-state index is 13.0. The molecule has 2 atom stereocenters. The van der Waals surface area contributed by atoms with Crippen molar-refractivity contribution in [2.75, 3.05) is 13.1 Å². The molecule has 0 aromatic heterocycles. The number of carbonyl (C=O) groups excluding carboxylic acids is 1. The molecule has 2 aliphatic rings. The zero-order chi connectivity index (χ0) is 16.8. The highest BCUT2D eigenvalue weighted by molar-refractivity contribution is 5.96. The van der Waals surface area contributed by atoms with Gasteiger partial charge in [0, 0.05) is 18.7 Å². The molecule has 1 saturated heterocycles. The fourth-order valence-corrected chi connectivity index (χ4v) is 3.75. The number of aliphatic carboxylic acids is 1. The number of amides is 1. The number of benzene rings is 1. The van der Waals surface area contributed by atoms with E-state index in [1.54, 1.807) is 4.90 Å². The molecule has 0 unspecified atom stereocenters. The summed E-state index contributed by atoms with van der Waals surface area (Å²) in [7, 11) is 0. The molecule has 0 spiro atoms. The Balaban J connectivity index is 1.86. The summed E-state index contributed by atoms with van der Waals surface area (Å²) >= 11 is 0. The van der Waals surface area contributed by atoms with Gasteiger partial charge in [0.25, 0.3) is 5.91 Å². The van der Waals surface area contributed by atoms with Gasteiger partial charge >= 0.3 is 5.97 Å². The van der Waals surface area contributed by atoms with Crippen LogP contribution in [0.3, 0.4) is 0 Å². The van der Waals surface area contributed by atoms with Crippen LogP contribution < -0.4 is 0 Å². The van der Waals surface area contributed by atoms with Crippen LogP contribution in [0, 0.1) is 17.8 Å². The third kappa shape index (κ3) is 3.12. The number of carboxylic acid groups (broad SMARTS) is 1. The first-order valence-corrected chi connectivity index (χ1v) is 8.40. The Labute approximate surface area is 137 Å². The SMILES string of the molecule is CC(C)(C)c1ccccc1C(=O)N1C[C@H](C(=O)O)[C@@H](C2CC2)C1. The van der Waals surface area contributed by atoms with Gasteiger partial charge in [0.15, 0.2) is 0 Å². The molecule has 0 bridgehead atoms. The molecule has 1 aliphatic heterocycles. The predicted octanol–water partition coefficient (Wildman–Crippen LogP) is 3.17. The number of carbonyl (C=O) groups is 2. The molecular formula is C19H25NO3. The number of carboxylic acids is 1. The first-order valence-electron chi connectivity index (χ1n) is 8.40. The number of rotatable bonds is 3. The fraction of sp³-hybridized carbons (Fsp3) is 0.579. The molecule has 23 heavy (non-hydrogen) atoms. The highest BCUT2D eigenvalue weighted by atomic mass is 16.4. The summed E-state index contributed by atoms with van der Waals surface area (Å²) in [6, 6.07) is 7.69. The highest BCUT2D eigenvalue weighted by Gasteiger charge is 2.47. The lowest BCUT2D eigenvalue weighted by molar-refractivity contribution is -0.142. The van der Waals surface area contributed by atoms with Crippen molar-refractivity contribution < 1.29 is 14.7 Å². The van der Waals surface area contributed by atoms with Gasteiger partial charge in [0.1, 0.15) is 0 Å². The van der Waals surface area contributed by atoms with E-state index in [1.165, 1.54) is 0 Å². The Morgan fingerprint density at radius 1 is 1.13 bits per heavy atom. The van der Waals surface area contributed by atoms with E-state index in [1.807, 2.05) is 24.3 Å². The first-order chi connectivity index (χ1) is 10.8. The van der Waals surface area contributed by atoms with Crippen molar-refractivity contribution in [2.45, 2.75) is 39.0 Å². The van der Waals surface area contributed by atoms with E-state index < -0.39 is 11.9 Å². The van der Waals surface area contributed by atoms with Crippen LogP contribution in [0.25, 0.3) is 0 Å². The van der Waals surface area contributed by atoms with Crippen LogP contribution in [0.1, 0.15) is 49.5 Å². The van der Waals surface area contributed by atoms with Crippen molar-refractivity contribution in [3.8, 4) is 0 Å². The summed E-state index contributed by atoms with van der Waals surface area (Å²) in [4.78, 5) is 26.3. The molecule has 1 aromatic carbocycles. The average molecular weight is 315 g/mol. The molecular weight excluding hydrogens is 290 g/mol. The second-order valence-electron chi connectivity index (χ2n) is 7.95. The second kappa shape index (κ2) is 5.66. The van der Waals surface area contributed by atoms with E-state index in [9.17, 15) is 14.7 Å². The van der Waals surface area contributed by atoms with Gasteiger partial charge in [-0.15, -0.1) is 0 Å². The minimum Gasteiger partial charge on any atom is -0.481 e. The first kappa shape index (κ1) is 16.0. The summed E-state index contributed by atoms with van der Waals surface area (Å²) in [6.07, 6.45) is 2.21. The summed E-state index contributed by atoms with van der Waals surface area (Å²) in [5, 5.41) is 9.48. The number of hydrogen-bond acceptors (Lipinski definition) is 2. The molecule has 3 rings (SSSR count). The molecule has 124 valence electrons. The van der Waals surface area contributed by atoms with E-state index in [0.717, 1.165) is 18.4 Å². The van der Waals surface area contributed by atoms with Crippen molar-refractivity contribution in [3.63, 3.8) is 0 Å². The van der Waals surface area contributed by atoms with E-state index in [2.05, 4.69) is 20.8 Å². The smallest absolute Gasteiger partial charge is 0.308 e. The molecule has 4 nitrogen and oxygen atoms in total. The number of nitrogens with zero attached hydrogens (tertiary/aromatic N) is 1. The van der Waals surface area contributed by atoms with Gasteiger partial charge in [-0.25, -0.2) is 0 Å². The van der Waals surface area contributed by atoms with Gasteiger partial charge in [0.2, 0.25) is 0 Å². The molecule has 0 radical (unpaired) electrons. The molecule has 1 aliphatic carbocycles. The number of hydrogen-bond donors (Lipinski definition) is 1. The van der Waals surface area contributed by atoms with Crippen molar-refractivity contribution in [1.29, 1.82) is 0 Å². The summed E-state index contributed by atoms with van der Waals surface area (Å²) in [6.45, 7) is 7.20. The maximum Gasteiger partial charge on any atom is 0.308 e. The van der Waals surface area contributed by atoms with Crippen LogP contribution in [0.2, 0.25) is 0 Å². The molecule has 2 fully saturated rings. The van der Waals surface area contributed by atoms with Gasteiger partial charge in [0.05, 0.1) is 5.92 Å². The Bertz CT molecular complexity index is 628. The Kier molecular flexibility index (Phi) is 3.95. The largest absolute Gasteiger partial charge is 0.481 e. The second-order valence-corrected chi connectivity index (χ2v) is 7.95. The van der Waals surface area contributed by atoms with E-state index in [-0.39, 0.29) is 17.2 Å². The lowest BCUT2D eigenvalue weighted by atomic mass is 9.83. The van der Waals surface area contributed by atoms with Crippen molar-refractivity contribution in [2.24, 2.45) is 17.8 Å². The minimum atomic E-state index is -0.763. The van der Waals surface area contributed by atoms with E-state index in [4.69, 9.17) is 0 Å². The fourth-order valence-electron chi connectivity index (χ4n) is 3.75. The van der Waals surface area contributed by atoms with Crippen LogP contribution in [-0.2, 0) is 10.2 Å². The summed E-state index contributed by atoms with van der Waals surface area (Å²) in [5.41, 5.74) is 1.61. The molecule has 1 saturated carbocycles. The zero-order valence-corrected chi connectivity index (χ0v) is 14.1. The van der Waals surface area contributed by atoms with Crippen LogP contribution >= 0.6 is 0 Å². The van der Waals surface area contributed by atoms with E-state index >= 15 is 0 Å². The van der Waals surface area contributed by atoms with Crippen molar-refractivity contribution in [3.05, 3.63) is 35.4 Å². The Morgan fingerprint density at radius 2 is 1.78 bits per heavy atom. The lowest BCUT2D eigenvalue weighted by Crippen LogP contribution is -2.32. The maximum absolute atomic E-state index is 13.0. The molecule has 1 heterocycles.